The van der Waals surface area contributed by atoms with Crippen LogP contribution in [0.1, 0.15) is 39.0 Å². The van der Waals surface area contributed by atoms with Crippen molar-refractivity contribution in [2.75, 3.05) is 11.4 Å². The molecule has 3 nitrogen and oxygen atoms in total. The van der Waals surface area contributed by atoms with Crippen molar-refractivity contribution >= 4 is 17.1 Å². The van der Waals surface area contributed by atoms with Gasteiger partial charge < -0.3 is 9.32 Å². The Labute approximate surface area is 108 Å². The zero-order valence-corrected chi connectivity index (χ0v) is 10.9. The number of benzene rings is 1. The Hall–Kier alpha value is -1.51. The summed E-state index contributed by atoms with van der Waals surface area (Å²) in [6.07, 6.45) is 6.59. The number of hydrogen-bond acceptors (Lipinski definition) is 3. The number of nitrogens with zero attached hydrogens (tertiary/aromatic N) is 2. The Balaban J connectivity index is 1.90. The van der Waals surface area contributed by atoms with Gasteiger partial charge in [0.05, 0.1) is 0 Å². The molecule has 2 aromatic rings. The minimum atomic E-state index is 0.608. The van der Waals surface area contributed by atoms with E-state index in [-0.39, 0.29) is 0 Å². The molecule has 0 atom stereocenters. The summed E-state index contributed by atoms with van der Waals surface area (Å²) < 4.78 is 5.89. The van der Waals surface area contributed by atoms with Crippen LogP contribution >= 0.6 is 0 Å². The molecule has 1 aliphatic rings. The smallest absolute Gasteiger partial charge is 0.298 e. The summed E-state index contributed by atoms with van der Waals surface area (Å²) in [6.45, 7) is 3.15. The predicted molar refractivity (Wildman–Crippen MR) is 73.9 cm³/mol. The lowest BCUT2D eigenvalue weighted by Gasteiger charge is -2.32. The molecule has 96 valence electrons. The highest BCUT2D eigenvalue weighted by Crippen LogP contribution is 2.28. The summed E-state index contributed by atoms with van der Waals surface area (Å²) in [6, 6.07) is 9.40. The van der Waals surface area contributed by atoms with Gasteiger partial charge in [-0.3, -0.25) is 0 Å². The van der Waals surface area contributed by atoms with Crippen molar-refractivity contribution in [1.82, 2.24) is 4.98 Å². The SMILES string of the molecule is CCN(c1nc2ccccc2o1)C1CCCCC1. The number of oxazole rings is 1. The predicted octanol–water partition coefficient (Wildman–Crippen LogP) is 3.99. The Bertz CT molecular complexity index is 481. The minimum Gasteiger partial charge on any atom is -0.423 e. The molecule has 0 amide bonds. The molecule has 0 N–H and O–H groups in total. The van der Waals surface area contributed by atoms with Crippen molar-refractivity contribution in [1.29, 1.82) is 0 Å². The second-order valence-corrected chi connectivity index (χ2v) is 5.04. The number of fused-ring (bicyclic) bond motifs is 1. The largest absolute Gasteiger partial charge is 0.423 e. The number of para-hydroxylation sites is 2. The summed E-state index contributed by atoms with van der Waals surface area (Å²) in [7, 11) is 0. The first-order valence-corrected chi connectivity index (χ1v) is 7.00. The molecule has 0 radical (unpaired) electrons. The van der Waals surface area contributed by atoms with E-state index in [1.54, 1.807) is 0 Å². The highest BCUT2D eigenvalue weighted by molar-refractivity contribution is 5.74. The van der Waals surface area contributed by atoms with E-state index < -0.39 is 0 Å². The lowest BCUT2D eigenvalue weighted by Crippen LogP contribution is -2.36. The Morgan fingerprint density at radius 2 is 2.00 bits per heavy atom. The third-order valence-corrected chi connectivity index (χ3v) is 3.88. The molecule has 1 aliphatic carbocycles. The fourth-order valence-corrected chi connectivity index (χ4v) is 2.93. The maximum Gasteiger partial charge on any atom is 0.298 e. The Kier molecular flexibility index (Phi) is 3.22. The van der Waals surface area contributed by atoms with Crippen LogP contribution < -0.4 is 4.90 Å². The molecule has 18 heavy (non-hydrogen) atoms. The molecule has 1 saturated carbocycles. The summed E-state index contributed by atoms with van der Waals surface area (Å²) in [4.78, 5) is 6.95. The minimum absolute atomic E-state index is 0.608. The van der Waals surface area contributed by atoms with Crippen LogP contribution in [0.3, 0.4) is 0 Å². The van der Waals surface area contributed by atoms with Gasteiger partial charge >= 0.3 is 0 Å². The second kappa shape index (κ2) is 5.01. The molecular formula is C15H20N2O. The van der Waals surface area contributed by atoms with Gasteiger partial charge in [-0.1, -0.05) is 31.4 Å². The van der Waals surface area contributed by atoms with E-state index in [4.69, 9.17) is 4.42 Å². The molecule has 0 bridgehead atoms. The lowest BCUT2D eigenvalue weighted by molar-refractivity contribution is 0.398. The van der Waals surface area contributed by atoms with Gasteiger partial charge in [0, 0.05) is 12.6 Å². The van der Waals surface area contributed by atoms with Crippen LogP contribution in [-0.4, -0.2) is 17.6 Å². The molecule has 0 unspecified atom stereocenters. The topological polar surface area (TPSA) is 29.3 Å². The van der Waals surface area contributed by atoms with Crippen molar-refractivity contribution in [3.63, 3.8) is 0 Å². The third kappa shape index (κ3) is 2.09. The number of hydrogen-bond donors (Lipinski definition) is 0. The fourth-order valence-electron chi connectivity index (χ4n) is 2.93. The first-order chi connectivity index (χ1) is 8.88. The van der Waals surface area contributed by atoms with Gasteiger partial charge in [0.15, 0.2) is 5.58 Å². The molecule has 3 heteroatoms. The Morgan fingerprint density at radius 3 is 2.72 bits per heavy atom. The second-order valence-electron chi connectivity index (χ2n) is 5.04. The van der Waals surface area contributed by atoms with Crippen molar-refractivity contribution in [3.8, 4) is 0 Å². The molecule has 0 spiro atoms. The maximum atomic E-state index is 5.89. The molecule has 3 rings (SSSR count). The van der Waals surface area contributed by atoms with Crippen molar-refractivity contribution in [3.05, 3.63) is 24.3 Å². The molecule has 1 heterocycles. The van der Waals surface area contributed by atoms with Crippen molar-refractivity contribution in [2.45, 2.75) is 45.1 Å². The van der Waals surface area contributed by atoms with Crippen LogP contribution in [0.25, 0.3) is 11.1 Å². The molecule has 1 aromatic carbocycles. The average Bonchev–Trinajstić information content (AvgIpc) is 2.84. The van der Waals surface area contributed by atoms with E-state index in [0.29, 0.717) is 6.04 Å². The van der Waals surface area contributed by atoms with Crippen LogP contribution in [-0.2, 0) is 0 Å². The zero-order valence-electron chi connectivity index (χ0n) is 10.9. The molecule has 0 aliphatic heterocycles. The van der Waals surface area contributed by atoms with Gasteiger partial charge in [0.1, 0.15) is 5.52 Å². The number of rotatable bonds is 3. The van der Waals surface area contributed by atoms with Crippen LogP contribution in [0.15, 0.2) is 28.7 Å². The summed E-state index contributed by atoms with van der Waals surface area (Å²) in [5.41, 5.74) is 1.85. The highest BCUT2D eigenvalue weighted by Gasteiger charge is 2.23. The van der Waals surface area contributed by atoms with E-state index in [2.05, 4.69) is 16.8 Å². The van der Waals surface area contributed by atoms with Crippen LogP contribution in [0, 0.1) is 0 Å². The summed E-state index contributed by atoms with van der Waals surface area (Å²) in [5, 5.41) is 0. The monoisotopic (exact) mass is 244 g/mol. The summed E-state index contributed by atoms with van der Waals surface area (Å²) in [5.74, 6) is 0. The van der Waals surface area contributed by atoms with Crippen LogP contribution in [0.4, 0.5) is 6.01 Å². The zero-order chi connectivity index (χ0) is 12.4. The van der Waals surface area contributed by atoms with Crippen LogP contribution in [0.2, 0.25) is 0 Å². The quantitative estimate of drug-likeness (QED) is 0.817. The van der Waals surface area contributed by atoms with Crippen molar-refractivity contribution in [2.24, 2.45) is 0 Å². The average molecular weight is 244 g/mol. The van der Waals surface area contributed by atoms with E-state index in [0.717, 1.165) is 23.7 Å². The van der Waals surface area contributed by atoms with Crippen LogP contribution in [0.5, 0.6) is 0 Å². The highest BCUT2D eigenvalue weighted by atomic mass is 16.4. The molecular weight excluding hydrogens is 224 g/mol. The molecule has 1 aromatic heterocycles. The number of anilines is 1. The van der Waals surface area contributed by atoms with Gasteiger partial charge in [0.2, 0.25) is 0 Å². The van der Waals surface area contributed by atoms with E-state index >= 15 is 0 Å². The normalized spacial score (nSPS) is 17.2. The molecule has 0 saturated heterocycles. The summed E-state index contributed by atoms with van der Waals surface area (Å²) >= 11 is 0. The third-order valence-electron chi connectivity index (χ3n) is 3.88. The van der Waals surface area contributed by atoms with Gasteiger partial charge in [-0.2, -0.15) is 4.98 Å². The van der Waals surface area contributed by atoms with Gasteiger partial charge in [-0.15, -0.1) is 0 Å². The number of aromatic nitrogens is 1. The maximum absolute atomic E-state index is 5.89. The van der Waals surface area contributed by atoms with Gasteiger partial charge in [-0.25, -0.2) is 0 Å². The first-order valence-electron chi connectivity index (χ1n) is 7.00. The van der Waals surface area contributed by atoms with E-state index in [1.807, 2.05) is 24.3 Å². The van der Waals surface area contributed by atoms with Gasteiger partial charge in [-0.05, 0) is 31.9 Å². The fraction of sp³-hybridized carbons (Fsp3) is 0.533. The van der Waals surface area contributed by atoms with E-state index in [9.17, 15) is 0 Å². The standard InChI is InChI=1S/C15H20N2O/c1-2-17(12-8-4-3-5-9-12)15-16-13-10-6-7-11-14(13)18-15/h6-7,10-12H,2-5,8-9H2,1H3. The van der Waals surface area contributed by atoms with Crippen molar-refractivity contribution < 1.29 is 4.42 Å². The van der Waals surface area contributed by atoms with E-state index in [1.165, 1.54) is 32.1 Å². The first kappa shape index (κ1) is 11.6. The Morgan fingerprint density at radius 1 is 1.22 bits per heavy atom. The lowest BCUT2D eigenvalue weighted by atomic mass is 9.94. The van der Waals surface area contributed by atoms with Gasteiger partial charge in [0.25, 0.3) is 6.01 Å². The molecule has 1 fully saturated rings.